The van der Waals surface area contributed by atoms with Crippen LogP contribution in [0.25, 0.3) is 5.69 Å². The Morgan fingerprint density at radius 3 is 2.71 bits per heavy atom. The van der Waals surface area contributed by atoms with Crippen molar-refractivity contribution in [2.24, 2.45) is 0 Å². The van der Waals surface area contributed by atoms with Crippen LogP contribution in [0, 0.1) is 13.8 Å². The third-order valence-corrected chi connectivity index (χ3v) is 6.26. The van der Waals surface area contributed by atoms with Gasteiger partial charge in [0.25, 0.3) is 0 Å². The molecule has 0 saturated carbocycles. The molecular weight excluding hydrogens is 454 g/mol. The van der Waals surface area contributed by atoms with Gasteiger partial charge in [-0.15, -0.1) is 5.10 Å². The van der Waals surface area contributed by atoms with Crippen molar-refractivity contribution in [2.45, 2.75) is 25.5 Å². The van der Waals surface area contributed by atoms with E-state index in [1.54, 1.807) is 35.8 Å². The molecule has 176 valence electrons. The highest BCUT2D eigenvalue weighted by Gasteiger charge is 2.15. The van der Waals surface area contributed by atoms with Crippen LogP contribution in [-0.2, 0) is 11.3 Å². The summed E-state index contributed by atoms with van der Waals surface area (Å²) in [5, 5.41) is 19.8. The second-order valence-electron chi connectivity index (χ2n) is 7.49. The zero-order valence-corrected chi connectivity index (χ0v) is 20.2. The molecule has 2 heterocycles. The quantitative estimate of drug-likeness (QED) is 0.364. The average molecular weight is 480 g/mol. The molecule has 11 heteroatoms. The predicted molar refractivity (Wildman–Crippen MR) is 129 cm³/mol. The van der Waals surface area contributed by atoms with Gasteiger partial charge in [0.15, 0.2) is 11.5 Å². The van der Waals surface area contributed by atoms with E-state index in [1.807, 2.05) is 50.2 Å². The van der Waals surface area contributed by atoms with Gasteiger partial charge in [0.2, 0.25) is 11.1 Å². The molecule has 2 aromatic heterocycles. The number of rotatable bonds is 9. The Hall–Kier alpha value is -3.86. The van der Waals surface area contributed by atoms with Gasteiger partial charge in [-0.1, -0.05) is 30.0 Å². The summed E-state index contributed by atoms with van der Waals surface area (Å²) in [6.45, 7) is 4.52. The number of aryl methyl sites for hydroxylation is 1. The lowest BCUT2D eigenvalue weighted by atomic mass is 10.1. The molecule has 0 unspecified atom stereocenters. The highest BCUT2D eigenvalue weighted by Crippen LogP contribution is 2.28. The molecule has 0 saturated heterocycles. The van der Waals surface area contributed by atoms with Crippen molar-refractivity contribution < 1.29 is 14.3 Å². The molecule has 0 aliphatic rings. The molecular formula is C23H25N7O3S. The van der Waals surface area contributed by atoms with Crippen LogP contribution >= 0.6 is 11.8 Å². The number of ether oxygens (including phenoxy) is 2. The third kappa shape index (κ3) is 5.04. The van der Waals surface area contributed by atoms with Crippen LogP contribution in [0.2, 0.25) is 0 Å². The number of anilines is 1. The molecule has 0 spiro atoms. The fourth-order valence-corrected chi connectivity index (χ4v) is 4.09. The summed E-state index contributed by atoms with van der Waals surface area (Å²) >= 11 is 1.27. The SMILES string of the molecule is COc1ccc(Cn2nccc2NC(=O)CSc2nnnn2-c2cccc(C)c2C)cc1OC. The van der Waals surface area contributed by atoms with Crippen molar-refractivity contribution in [1.29, 1.82) is 0 Å². The number of hydrogen-bond donors (Lipinski definition) is 1. The highest BCUT2D eigenvalue weighted by atomic mass is 32.2. The first kappa shape index (κ1) is 23.3. The first-order valence-corrected chi connectivity index (χ1v) is 11.5. The minimum absolute atomic E-state index is 0.146. The Morgan fingerprint density at radius 2 is 1.91 bits per heavy atom. The monoisotopic (exact) mass is 479 g/mol. The van der Waals surface area contributed by atoms with Crippen molar-refractivity contribution in [1.82, 2.24) is 30.0 Å². The minimum atomic E-state index is -0.186. The van der Waals surface area contributed by atoms with Crippen molar-refractivity contribution in [3.05, 3.63) is 65.4 Å². The lowest BCUT2D eigenvalue weighted by molar-refractivity contribution is -0.113. The van der Waals surface area contributed by atoms with Gasteiger partial charge >= 0.3 is 0 Å². The summed E-state index contributed by atoms with van der Waals surface area (Å²) in [5.41, 5.74) is 4.07. The van der Waals surface area contributed by atoms with E-state index < -0.39 is 0 Å². The number of benzene rings is 2. The summed E-state index contributed by atoms with van der Waals surface area (Å²) in [6.07, 6.45) is 1.64. The molecule has 0 aliphatic carbocycles. The lowest BCUT2D eigenvalue weighted by Gasteiger charge is -2.12. The summed E-state index contributed by atoms with van der Waals surface area (Å²) in [7, 11) is 3.19. The van der Waals surface area contributed by atoms with Crippen LogP contribution in [0.5, 0.6) is 11.5 Å². The summed E-state index contributed by atoms with van der Waals surface area (Å²) < 4.78 is 14.0. The average Bonchev–Trinajstić information content (AvgIpc) is 3.49. The molecule has 2 aromatic carbocycles. The highest BCUT2D eigenvalue weighted by molar-refractivity contribution is 7.99. The fraction of sp³-hybridized carbons (Fsp3) is 0.261. The number of hydrogen-bond acceptors (Lipinski definition) is 8. The zero-order chi connectivity index (χ0) is 24.1. The van der Waals surface area contributed by atoms with Crippen LogP contribution in [0.1, 0.15) is 16.7 Å². The molecule has 0 bridgehead atoms. The van der Waals surface area contributed by atoms with Crippen LogP contribution < -0.4 is 14.8 Å². The standard InChI is InChI=1S/C23H25N7O3S/c1-15-6-5-7-18(16(15)2)30-23(26-27-28-30)34-14-22(31)25-21-10-11-24-29(21)13-17-8-9-19(32-3)20(12-17)33-4/h5-12H,13-14H2,1-4H3,(H,25,31). The molecule has 4 rings (SSSR count). The third-order valence-electron chi connectivity index (χ3n) is 5.34. The maximum absolute atomic E-state index is 12.7. The number of carbonyl (C=O) groups excluding carboxylic acids is 1. The number of nitrogens with one attached hydrogen (secondary N) is 1. The van der Waals surface area contributed by atoms with Crippen molar-refractivity contribution in [3.63, 3.8) is 0 Å². The van der Waals surface area contributed by atoms with Crippen molar-refractivity contribution >= 4 is 23.5 Å². The van der Waals surface area contributed by atoms with E-state index in [9.17, 15) is 4.79 Å². The fourth-order valence-electron chi connectivity index (χ4n) is 3.41. The largest absolute Gasteiger partial charge is 0.493 e. The van der Waals surface area contributed by atoms with Gasteiger partial charge in [0.1, 0.15) is 5.82 Å². The van der Waals surface area contributed by atoms with Gasteiger partial charge in [-0.25, -0.2) is 4.68 Å². The number of nitrogens with zero attached hydrogens (tertiary/aromatic N) is 6. The number of thioether (sulfide) groups is 1. The summed E-state index contributed by atoms with van der Waals surface area (Å²) in [5.74, 6) is 1.84. The van der Waals surface area contributed by atoms with Gasteiger partial charge in [-0.05, 0) is 59.2 Å². The Kier molecular flexibility index (Phi) is 7.12. The number of carbonyl (C=O) groups is 1. The summed E-state index contributed by atoms with van der Waals surface area (Å²) in [6, 6.07) is 13.4. The van der Waals surface area contributed by atoms with E-state index in [4.69, 9.17) is 9.47 Å². The Balaban J connectivity index is 1.41. The predicted octanol–water partition coefficient (Wildman–Crippen LogP) is 3.27. The van der Waals surface area contributed by atoms with Crippen LogP contribution in [-0.4, -0.2) is 55.9 Å². The summed E-state index contributed by atoms with van der Waals surface area (Å²) in [4.78, 5) is 12.7. The van der Waals surface area contributed by atoms with E-state index in [2.05, 4.69) is 25.9 Å². The normalized spacial score (nSPS) is 10.8. The minimum Gasteiger partial charge on any atom is -0.493 e. The smallest absolute Gasteiger partial charge is 0.235 e. The second-order valence-corrected chi connectivity index (χ2v) is 8.44. The topological polar surface area (TPSA) is 109 Å². The molecule has 0 radical (unpaired) electrons. The van der Waals surface area contributed by atoms with E-state index in [-0.39, 0.29) is 11.7 Å². The van der Waals surface area contributed by atoms with Crippen LogP contribution in [0.3, 0.4) is 0 Å². The Bertz CT molecular complexity index is 1300. The van der Waals surface area contributed by atoms with E-state index in [1.165, 1.54) is 11.8 Å². The van der Waals surface area contributed by atoms with Gasteiger partial charge < -0.3 is 14.8 Å². The van der Waals surface area contributed by atoms with Gasteiger partial charge in [0.05, 0.1) is 38.4 Å². The molecule has 4 aromatic rings. The van der Waals surface area contributed by atoms with Gasteiger partial charge in [-0.2, -0.15) is 9.78 Å². The molecule has 0 fully saturated rings. The van der Waals surface area contributed by atoms with E-state index in [0.717, 1.165) is 22.4 Å². The molecule has 10 nitrogen and oxygen atoms in total. The molecule has 0 atom stereocenters. The molecule has 34 heavy (non-hydrogen) atoms. The van der Waals surface area contributed by atoms with Crippen LogP contribution in [0.15, 0.2) is 53.8 Å². The number of aromatic nitrogens is 6. The van der Waals surface area contributed by atoms with Crippen LogP contribution in [0.4, 0.5) is 5.82 Å². The molecule has 1 N–H and O–H groups in total. The van der Waals surface area contributed by atoms with E-state index in [0.29, 0.717) is 29.0 Å². The first-order chi connectivity index (χ1) is 16.5. The molecule has 1 amide bonds. The zero-order valence-electron chi connectivity index (χ0n) is 19.3. The number of amides is 1. The van der Waals surface area contributed by atoms with Crippen molar-refractivity contribution in [2.75, 3.05) is 25.3 Å². The second kappa shape index (κ2) is 10.4. The lowest BCUT2D eigenvalue weighted by Crippen LogP contribution is -2.18. The number of tetrazole rings is 1. The Morgan fingerprint density at radius 1 is 1.09 bits per heavy atom. The van der Waals surface area contributed by atoms with Gasteiger partial charge in [0, 0.05) is 6.07 Å². The maximum Gasteiger partial charge on any atom is 0.235 e. The first-order valence-electron chi connectivity index (χ1n) is 10.5. The maximum atomic E-state index is 12.7. The number of methoxy groups -OCH3 is 2. The van der Waals surface area contributed by atoms with Crippen molar-refractivity contribution in [3.8, 4) is 17.2 Å². The van der Waals surface area contributed by atoms with E-state index >= 15 is 0 Å². The Labute approximate surface area is 201 Å². The van der Waals surface area contributed by atoms with Gasteiger partial charge in [-0.3, -0.25) is 4.79 Å². The molecule has 0 aliphatic heterocycles.